The van der Waals surface area contributed by atoms with E-state index in [4.69, 9.17) is 9.26 Å². The number of amides is 1. The van der Waals surface area contributed by atoms with Crippen LogP contribution in [0, 0.1) is 11.3 Å². The van der Waals surface area contributed by atoms with Crippen molar-refractivity contribution in [3.8, 4) is 17.1 Å². The molecular formula is C25H28N2O3. The lowest BCUT2D eigenvalue weighted by atomic mass is 9.57. The molecule has 2 atom stereocenters. The van der Waals surface area contributed by atoms with E-state index in [9.17, 15) is 4.79 Å². The van der Waals surface area contributed by atoms with Crippen LogP contribution in [0.25, 0.3) is 11.3 Å². The summed E-state index contributed by atoms with van der Waals surface area (Å²) >= 11 is 0. The number of methoxy groups -OCH3 is 1. The molecule has 0 aliphatic heterocycles. The van der Waals surface area contributed by atoms with Gasteiger partial charge in [0.1, 0.15) is 5.75 Å². The highest BCUT2D eigenvalue weighted by Gasteiger charge is 2.48. The van der Waals surface area contributed by atoms with Gasteiger partial charge in [0.05, 0.1) is 19.2 Å². The van der Waals surface area contributed by atoms with Gasteiger partial charge in [0.2, 0.25) is 5.91 Å². The third-order valence-corrected chi connectivity index (χ3v) is 6.40. The average molecular weight is 405 g/mol. The molecule has 4 rings (SSSR count). The normalized spacial score (nSPS) is 19.7. The van der Waals surface area contributed by atoms with Crippen LogP contribution in [0.3, 0.4) is 0 Å². The van der Waals surface area contributed by atoms with Gasteiger partial charge in [-0.3, -0.25) is 4.79 Å². The minimum absolute atomic E-state index is 0.0194. The highest BCUT2D eigenvalue weighted by Crippen LogP contribution is 2.48. The minimum atomic E-state index is 0.0194. The Morgan fingerprint density at radius 2 is 1.90 bits per heavy atom. The van der Waals surface area contributed by atoms with Gasteiger partial charge >= 0.3 is 0 Å². The van der Waals surface area contributed by atoms with Crippen LogP contribution in [0.15, 0.2) is 65.2 Å². The molecule has 3 aromatic rings. The van der Waals surface area contributed by atoms with Crippen LogP contribution in [0.2, 0.25) is 0 Å². The Hall–Kier alpha value is -3.08. The van der Waals surface area contributed by atoms with Crippen molar-refractivity contribution in [2.45, 2.75) is 39.2 Å². The lowest BCUT2D eigenvalue weighted by Crippen LogP contribution is -2.59. The average Bonchev–Trinajstić information content (AvgIpc) is 3.22. The second-order valence-electron chi connectivity index (χ2n) is 8.65. The molecule has 2 aromatic carbocycles. The highest BCUT2D eigenvalue weighted by atomic mass is 16.5. The van der Waals surface area contributed by atoms with Crippen molar-refractivity contribution in [3.05, 3.63) is 71.9 Å². The zero-order valence-electron chi connectivity index (χ0n) is 17.7. The van der Waals surface area contributed by atoms with Gasteiger partial charge in [-0.15, -0.1) is 0 Å². The Morgan fingerprint density at radius 1 is 1.17 bits per heavy atom. The number of carbonyl (C=O) groups is 1. The smallest absolute Gasteiger partial charge is 0.224 e. The first-order chi connectivity index (χ1) is 14.5. The number of nitrogens with one attached hydrogen (secondary N) is 1. The Bertz CT molecular complexity index is 993. The molecule has 1 saturated carbocycles. The molecule has 1 fully saturated rings. The summed E-state index contributed by atoms with van der Waals surface area (Å²) in [5.74, 6) is 2.11. The largest absolute Gasteiger partial charge is 0.497 e. The van der Waals surface area contributed by atoms with Crippen LogP contribution in [0.5, 0.6) is 5.75 Å². The van der Waals surface area contributed by atoms with Gasteiger partial charge in [-0.2, -0.15) is 0 Å². The topological polar surface area (TPSA) is 64.4 Å². The SMILES string of the molecule is COc1ccc(-c2cc(C[C@@H]3C[C@H](NC(=O)Cc4ccccc4)C3(C)C)no2)cc1. The van der Waals surface area contributed by atoms with E-state index in [1.54, 1.807) is 7.11 Å². The fourth-order valence-electron chi connectivity index (χ4n) is 4.19. The number of carbonyl (C=O) groups excluding carboxylic acids is 1. The summed E-state index contributed by atoms with van der Waals surface area (Å²) in [5, 5.41) is 7.49. The first kappa shape index (κ1) is 20.2. The number of hydrogen-bond donors (Lipinski definition) is 1. The summed E-state index contributed by atoms with van der Waals surface area (Å²) in [5.41, 5.74) is 2.99. The van der Waals surface area contributed by atoms with Gasteiger partial charge < -0.3 is 14.6 Å². The second-order valence-corrected chi connectivity index (χ2v) is 8.65. The van der Waals surface area contributed by atoms with E-state index in [1.165, 1.54) is 0 Å². The molecule has 5 nitrogen and oxygen atoms in total. The van der Waals surface area contributed by atoms with E-state index in [1.807, 2.05) is 60.7 Å². The fourth-order valence-corrected chi connectivity index (χ4v) is 4.19. The van der Waals surface area contributed by atoms with Crippen molar-refractivity contribution in [1.29, 1.82) is 0 Å². The van der Waals surface area contributed by atoms with Gasteiger partial charge in [0.25, 0.3) is 0 Å². The summed E-state index contributed by atoms with van der Waals surface area (Å²) in [6.45, 7) is 4.44. The van der Waals surface area contributed by atoms with Crippen molar-refractivity contribution in [3.63, 3.8) is 0 Å². The molecule has 0 bridgehead atoms. The standard InChI is InChI=1S/C25H28N2O3/c1-25(2)19(15-23(25)26-24(28)13-17-7-5-4-6-8-17)14-20-16-22(30-27-20)18-9-11-21(29-3)12-10-18/h4-12,16,19,23H,13-15H2,1-3H3,(H,26,28)/t19-,23+/m1/s1. The Balaban J connectivity index is 1.33. The molecule has 1 amide bonds. The number of ether oxygens (including phenoxy) is 1. The lowest BCUT2D eigenvalue weighted by Gasteiger charge is -2.52. The quantitative estimate of drug-likeness (QED) is 0.622. The molecule has 5 heteroatoms. The van der Waals surface area contributed by atoms with Gasteiger partial charge in [-0.1, -0.05) is 49.3 Å². The Kier molecular flexibility index (Phi) is 5.62. The van der Waals surface area contributed by atoms with E-state index < -0.39 is 0 Å². The molecule has 1 aliphatic carbocycles. The number of benzene rings is 2. The van der Waals surface area contributed by atoms with Crippen LogP contribution >= 0.6 is 0 Å². The fraction of sp³-hybridized carbons (Fsp3) is 0.360. The van der Waals surface area contributed by atoms with E-state index in [0.29, 0.717) is 12.3 Å². The van der Waals surface area contributed by atoms with Crippen molar-refractivity contribution < 1.29 is 14.1 Å². The van der Waals surface area contributed by atoms with E-state index in [-0.39, 0.29) is 17.4 Å². The molecule has 156 valence electrons. The zero-order chi connectivity index (χ0) is 21.1. The summed E-state index contributed by atoms with van der Waals surface area (Å²) in [6.07, 6.45) is 2.22. The van der Waals surface area contributed by atoms with Gasteiger partial charge in [0.15, 0.2) is 5.76 Å². The number of aromatic nitrogens is 1. The first-order valence-corrected chi connectivity index (χ1v) is 10.4. The summed E-state index contributed by atoms with van der Waals surface area (Å²) in [7, 11) is 1.65. The molecule has 0 radical (unpaired) electrons. The van der Waals surface area contributed by atoms with Crippen LogP contribution in [-0.4, -0.2) is 24.2 Å². The third-order valence-electron chi connectivity index (χ3n) is 6.40. The van der Waals surface area contributed by atoms with Crippen LogP contribution < -0.4 is 10.1 Å². The van der Waals surface area contributed by atoms with E-state index in [0.717, 1.165) is 41.2 Å². The van der Waals surface area contributed by atoms with E-state index in [2.05, 4.69) is 24.3 Å². The van der Waals surface area contributed by atoms with Crippen molar-refractivity contribution in [1.82, 2.24) is 10.5 Å². The first-order valence-electron chi connectivity index (χ1n) is 10.4. The predicted molar refractivity (Wildman–Crippen MR) is 116 cm³/mol. The van der Waals surface area contributed by atoms with Crippen LogP contribution in [-0.2, 0) is 17.6 Å². The zero-order valence-corrected chi connectivity index (χ0v) is 17.7. The second kappa shape index (κ2) is 8.34. The molecule has 0 spiro atoms. The van der Waals surface area contributed by atoms with Crippen LogP contribution in [0.1, 0.15) is 31.5 Å². The summed E-state index contributed by atoms with van der Waals surface area (Å²) < 4.78 is 10.8. The molecule has 1 aromatic heterocycles. The number of hydrogen-bond acceptors (Lipinski definition) is 4. The monoisotopic (exact) mass is 404 g/mol. The molecule has 30 heavy (non-hydrogen) atoms. The van der Waals surface area contributed by atoms with Crippen LogP contribution in [0.4, 0.5) is 0 Å². The minimum Gasteiger partial charge on any atom is -0.497 e. The summed E-state index contributed by atoms with van der Waals surface area (Å²) in [4.78, 5) is 12.4. The molecular weight excluding hydrogens is 376 g/mol. The number of nitrogens with zero attached hydrogens (tertiary/aromatic N) is 1. The Labute approximate surface area is 177 Å². The highest BCUT2D eigenvalue weighted by molar-refractivity contribution is 5.79. The maximum absolute atomic E-state index is 12.4. The van der Waals surface area contributed by atoms with Crippen molar-refractivity contribution in [2.75, 3.05) is 7.11 Å². The van der Waals surface area contributed by atoms with Gasteiger partial charge in [-0.25, -0.2) is 0 Å². The lowest BCUT2D eigenvalue weighted by molar-refractivity contribution is -0.124. The predicted octanol–water partition coefficient (Wildman–Crippen LogP) is 4.67. The van der Waals surface area contributed by atoms with E-state index >= 15 is 0 Å². The number of rotatable bonds is 7. The summed E-state index contributed by atoms with van der Waals surface area (Å²) in [6, 6.07) is 19.8. The molecule has 1 N–H and O–H groups in total. The van der Waals surface area contributed by atoms with Gasteiger partial charge in [-0.05, 0) is 54.0 Å². The maximum atomic E-state index is 12.4. The molecule has 1 aliphatic rings. The Morgan fingerprint density at radius 3 is 2.57 bits per heavy atom. The third kappa shape index (κ3) is 4.25. The van der Waals surface area contributed by atoms with Crippen molar-refractivity contribution >= 4 is 5.91 Å². The maximum Gasteiger partial charge on any atom is 0.224 e. The van der Waals surface area contributed by atoms with Crippen molar-refractivity contribution in [2.24, 2.45) is 11.3 Å². The van der Waals surface area contributed by atoms with Gasteiger partial charge in [0, 0.05) is 17.7 Å². The molecule has 1 heterocycles. The molecule has 0 saturated heterocycles. The molecule has 0 unspecified atom stereocenters.